The lowest BCUT2D eigenvalue weighted by molar-refractivity contribution is 0.168. The monoisotopic (exact) mass is 251 g/mol. The standard InChI is InChI=1S/C14H18FNO2/c1-9(15)10-7-11(12-3-2-4-16-12)14-13(8-10)17-5-6-18-14/h7-9,12,16H,2-6H2,1H3. The molecular weight excluding hydrogens is 233 g/mol. The van der Waals surface area contributed by atoms with Crippen LogP contribution in [0.5, 0.6) is 11.5 Å². The van der Waals surface area contributed by atoms with Crippen molar-refractivity contribution in [2.24, 2.45) is 0 Å². The Morgan fingerprint density at radius 2 is 2.17 bits per heavy atom. The minimum absolute atomic E-state index is 0.263. The first-order valence-electron chi connectivity index (χ1n) is 6.56. The van der Waals surface area contributed by atoms with Gasteiger partial charge in [0.25, 0.3) is 0 Å². The van der Waals surface area contributed by atoms with Crippen molar-refractivity contribution in [3.63, 3.8) is 0 Å². The zero-order valence-corrected chi connectivity index (χ0v) is 10.5. The molecule has 1 N–H and O–H groups in total. The molecule has 0 radical (unpaired) electrons. The highest BCUT2D eigenvalue weighted by Gasteiger charge is 2.26. The largest absolute Gasteiger partial charge is 0.486 e. The van der Waals surface area contributed by atoms with E-state index in [1.165, 1.54) is 0 Å². The second-order valence-electron chi connectivity index (χ2n) is 4.90. The molecule has 18 heavy (non-hydrogen) atoms. The number of nitrogens with one attached hydrogen (secondary N) is 1. The van der Waals surface area contributed by atoms with Crippen LogP contribution in [-0.2, 0) is 0 Å². The molecule has 1 aromatic rings. The van der Waals surface area contributed by atoms with Crippen LogP contribution in [-0.4, -0.2) is 19.8 Å². The van der Waals surface area contributed by atoms with E-state index in [2.05, 4.69) is 5.32 Å². The summed E-state index contributed by atoms with van der Waals surface area (Å²) in [5.41, 5.74) is 1.71. The fourth-order valence-corrected chi connectivity index (χ4v) is 2.64. The minimum atomic E-state index is -0.985. The Morgan fingerprint density at radius 3 is 2.89 bits per heavy atom. The third-order valence-electron chi connectivity index (χ3n) is 3.59. The Bertz CT molecular complexity index is 442. The predicted octanol–water partition coefficient (Wildman–Crippen LogP) is 2.91. The Labute approximate surface area is 106 Å². The minimum Gasteiger partial charge on any atom is -0.486 e. The summed E-state index contributed by atoms with van der Waals surface area (Å²) in [5, 5.41) is 3.43. The second-order valence-corrected chi connectivity index (χ2v) is 4.90. The zero-order chi connectivity index (χ0) is 12.5. The number of fused-ring (bicyclic) bond motifs is 1. The maximum absolute atomic E-state index is 13.6. The van der Waals surface area contributed by atoms with Crippen LogP contribution >= 0.6 is 0 Å². The fourth-order valence-electron chi connectivity index (χ4n) is 2.64. The number of rotatable bonds is 2. The van der Waals surface area contributed by atoms with Gasteiger partial charge in [-0.3, -0.25) is 0 Å². The molecule has 0 aromatic heterocycles. The summed E-state index contributed by atoms with van der Waals surface area (Å²) in [6.07, 6.45) is 1.23. The highest BCUT2D eigenvalue weighted by atomic mass is 19.1. The molecular formula is C14H18FNO2. The first-order chi connectivity index (χ1) is 8.75. The van der Waals surface area contributed by atoms with Gasteiger partial charge in [-0.25, -0.2) is 4.39 Å². The van der Waals surface area contributed by atoms with E-state index < -0.39 is 6.17 Å². The molecule has 0 saturated carbocycles. The summed E-state index contributed by atoms with van der Waals surface area (Å²) in [6, 6.07) is 3.94. The van der Waals surface area contributed by atoms with E-state index >= 15 is 0 Å². The number of alkyl halides is 1. The van der Waals surface area contributed by atoms with Crippen molar-refractivity contribution < 1.29 is 13.9 Å². The van der Waals surface area contributed by atoms with E-state index in [-0.39, 0.29) is 6.04 Å². The van der Waals surface area contributed by atoms with Crippen molar-refractivity contribution in [3.8, 4) is 11.5 Å². The van der Waals surface area contributed by atoms with Crippen molar-refractivity contribution in [2.75, 3.05) is 19.8 Å². The van der Waals surface area contributed by atoms with E-state index in [4.69, 9.17) is 9.47 Å². The third kappa shape index (κ3) is 2.05. The maximum Gasteiger partial charge on any atom is 0.166 e. The number of ether oxygens (including phenoxy) is 2. The summed E-state index contributed by atoms with van der Waals surface area (Å²) in [6.45, 7) is 3.67. The molecule has 1 aromatic carbocycles. The number of hydrogen-bond acceptors (Lipinski definition) is 3. The van der Waals surface area contributed by atoms with Crippen LogP contribution in [0.25, 0.3) is 0 Å². The van der Waals surface area contributed by atoms with Gasteiger partial charge in [-0.1, -0.05) is 0 Å². The summed E-state index contributed by atoms with van der Waals surface area (Å²) in [7, 11) is 0. The van der Waals surface area contributed by atoms with Gasteiger partial charge in [-0.15, -0.1) is 0 Å². The van der Waals surface area contributed by atoms with Gasteiger partial charge < -0.3 is 14.8 Å². The van der Waals surface area contributed by atoms with Gasteiger partial charge in [0.2, 0.25) is 0 Å². The van der Waals surface area contributed by atoms with Crippen LogP contribution in [0.4, 0.5) is 4.39 Å². The van der Waals surface area contributed by atoms with E-state index in [0.29, 0.717) is 24.5 Å². The smallest absolute Gasteiger partial charge is 0.166 e. The van der Waals surface area contributed by atoms with Gasteiger partial charge >= 0.3 is 0 Å². The molecule has 2 unspecified atom stereocenters. The lowest BCUT2D eigenvalue weighted by Gasteiger charge is -2.25. The summed E-state index contributed by atoms with van der Waals surface area (Å²) < 4.78 is 24.9. The van der Waals surface area contributed by atoms with E-state index in [1.807, 2.05) is 6.07 Å². The Morgan fingerprint density at radius 1 is 1.33 bits per heavy atom. The molecule has 0 spiro atoms. The van der Waals surface area contributed by atoms with Crippen LogP contribution in [0, 0.1) is 0 Å². The highest BCUT2D eigenvalue weighted by molar-refractivity contribution is 5.52. The van der Waals surface area contributed by atoms with E-state index in [9.17, 15) is 4.39 Å². The molecule has 1 fully saturated rings. The van der Waals surface area contributed by atoms with Gasteiger partial charge in [0.05, 0.1) is 0 Å². The molecule has 0 aliphatic carbocycles. The van der Waals surface area contributed by atoms with Gasteiger partial charge in [0.15, 0.2) is 11.5 Å². The van der Waals surface area contributed by atoms with Crippen molar-refractivity contribution in [2.45, 2.75) is 32.0 Å². The molecule has 2 heterocycles. The second kappa shape index (κ2) is 4.76. The maximum atomic E-state index is 13.6. The first kappa shape index (κ1) is 11.8. The fraction of sp³-hybridized carbons (Fsp3) is 0.571. The molecule has 0 amide bonds. The van der Waals surface area contributed by atoms with Crippen LogP contribution in [0.2, 0.25) is 0 Å². The Balaban J connectivity index is 2.05. The van der Waals surface area contributed by atoms with Gasteiger partial charge in [0, 0.05) is 11.6 Å². The average molecular weight is 251 g/mol. The van der Waals surface area contributed by atoms with Crippen LogP contribution in [0.3, 0.4) is 0 Å². The summed E-state index contributed by atoms with van der Waals surface area (Å²) in [5.74, 6) is 1.48. The van der Waals surface area contributed by atoms with Crippen molar-refractivity contribution in [1.82, 2.24) is 5.32 Å². The molecule has 2 aliphatic heterocycles. The number of halogens is 1. The van der Waals surface area contributed by atoms with Gasteiger partial charge in [-0.05, 0) is 44.0 Å². The number of benzene rings is 1. The predicted molar refractivity (Wildman–Crippen MR) is 66.9 cm³/mol. The highest BCUT2D eigenvalue weighted by Crippen LogP contribution is 2.42. The molecule has 0 bridgehead atoms. The normalized spacial score (nSPS) is 24.0. The van der Waals surface area contributed by atoms with E-state index in [0.717, 1.165) is 30.7 Å². The van der Waals surface area contributed by atoms with Crippen molar-refractivity contribution in [3.05, 3.63) is 23.3 Å². The molecule has 2 atom stereocenters. The number of hydrogen-bond donors (Lipinski definition) is 1. The third-order valence-corrected chi connectivity index (χ3v) is 3.59. The molecule has 1 saturated heterocycles. The van der Waals surface area contributed by atoms with E-state index in [1.54, 1.807) is 13.0 Å². The topological polar surface area (TPSA) is 30.5 Å². The van der Waals surface area contributed by atoms with Gasteiger partial charge in [0.1, 0.15) is 19.4 Å². The molecule has 3 nitrogen and oxygen atoms in total. The molecule has 4 heteroatoms. The summed E-state index contributed by atoms with van der Waals surface area (Å²) in [4.78, 5) is 0. The van der Waals surface area contributed by atoms with Crippen LogP contribution in [0.15, 0.2) is 12.1 Å². The first-order valence-corrected chi connectivity index (χ1v) is 6.56. The summed E-state index contributed by atoms with van der Waals surface area (Å²) >= 11 is 0. The zero-order valence-electron chi connectivity index (χ0n) is 10.5. The molecule has 3 rings (SSSR count). The lowest BCUT2D eigenvalue weighted by Crippen LogP contribution is -2.20. The molecule has 2 aliphatic rings. The van der Waals surface area contributed by atoms with Crippen LogP contribution in [0.1, 0.15) is 43.1 Å². The van der Waals surface area contributed by atoms with Crippen molar-refractivity contribution >= 4 is 0 Å². The Kier molecular flexibility index (Phi) is 3.12. The Hall–Kier alpha value is -1.29. The molecule has 98 valence electrons. The quantitative estimate of drug-likeness (QED) is 0.876. The average Bonchev–Trinajstić information content (AvgIpc) is 2.91. The van der Waals surface area contributed by atoms with Gasteiger partial charge in [-0.2, -0.15) is 0 Å². The lowest BCUT2D eigenvalue weighted by atomic mass is 9.98. The van der Waals surface area contributed by atoms with Crippen LogP contribution < -0.4 is 14.8 Å². The van der Waals surface area contributed by atoms with Crippen molar-refractivity contribution in [1.29, 1.82) is 0 Å². The SMILES string of the molecule is CC(F)c1cc2c(c(C3CCCN3)c1)OCCO2.